The van der Waals surface area contributed by atoms with Gasteiger partial charge in [-0.05, 0) is 36.4 Å². The number of rotatable bonds is 4. The van der Waals surface area contributed by atoms with Gasteiger partial charge in [0.2, 0.25) is 11.8 Å². The van der Waals surface area contributed by atoms with Gasteiger partial charge in [-0.1, -0.05) is 34.9 Å². The molecule has 1 saturated heterocycles. The Labute approximate surface area is 160 Å². The second-order valence-electron chi connectivity index (χ2n) is 6.15. The number of halogens is 1. The summed E-state index contributed by atoms with van der Waals surface area (Å²) < 4.78 is 5.56. The molecule has 0 unspecified atom stereocenters. The number of benzene rings is 2. The lowest BCUT2D eigenvalue weighted by Crippen LogP contribution is -2.24. The lowest BCUT2D eigenvalue weighted by atomic mass is 10.1. The summed E-state index contributed by atoms with van der Waals surface area (Å²) in [6.45, 7) is 0.454. The van der Waals surface area contributed by atoms with Gasteiger partial charge in [0.05, 0.1) is 5.92 Å². The molecule has 1 aromatic heterocycles. The first kappa shape index (κ1) is 17.2. The van der Waals surface area contributed by atoms with Gasteiger partial charge in [-0.25, -0.2) is 0 Å². The van der Waals surface area contributed by atoms with E-state index in [0.717, 1.165) is 5.69 Å². The maximum Gasteiger partial charge on any atom is 0.322 e. The van der Waals surface area contributed by atoms with Gasteiger partial charge < -0.3 is 9.32 Å². The van der Waals surface area contributed by atoms with Crippen LogP contribution in [0, 0.1) is 0 Å². The number of hydrogen-bond acceptors (Lipinski definition) is 5. The number of para-hydroxylation sites is 1. The smallest absolute Gasteiger partial charge is 0.322 e. The fraction of sp³-hybridized carbons (Fsp3) is 0.158. The van der Waals surface area contributed by atoms with Gasteiger partial charge >= 0.3 is 6.01 Å². The van der Waals surface area contributed by atoms with E-state index in [1.807, 2.05) is 30.3 Å². The fourth-order valence-electron chi connectivity index (χ4n) is 2.95. The number of nitrogens with one attached hydrogen (secondary N) is 1. The van der Waals surface area contributed by atoms with Crippen LogP contribution in [0.25, 0.3) is 0 Å². The van der Waals surface area contributed by atoms with Crippen molar-refractivity contribution in [3.63, 3.8) is 0 Å². The molecule has 1 aliphatic rings. The van der Waals surface area contributed by atoms with Crippen LogP contribution in [0.3, 0.4) is 0 Å². The van der Waals surface area contributed by atoms with Crippen LogP contribution < -0.4 is 10.2 Å². The minimum Gasteiger partial charge on any atom is -0.407 e. The van der Waals surface area contributed by atoms with Crippen LogP contribution in [0.1, 0.15) is 28.6 Å². The summed E-state index contributed by atoms with van der Waals surface area (Å²) in [6, 6.07) is 15.9. The van der Waals surface area contributed by atoms with Crippen LogP contribution in [0.2, 0.25) is 5.02 Å². The van der Waals surface area contributed by atoms with Crippen molar-refractivity contribution in [1.29, 1.82) is 0 Å². The molecule has 2 aromatic carbocycles. The molecule has 0 radical (unpaired) electrons. The van der Waals surface area contributed by atoms with Crippen molar-refractivity contribution in [2.75, 3.05) is 16.8 Å². The van der Waals surface area contributed by atoms with Gasteiger partial charge in [-0.2, -0.15) is 0 Å². The molecule has 8 heteroatoms. The standard InChI is InChI=1S/C19H15ClN4O3/c20-14-8-6-12(7-9-14)17(26)21-19-23-22-18(27-19)13-10-16(25)24(11-13)15-4-2-1-3-5-15/h1-9,13H,10-11H2,(H,21,23,26)/t13-/m0/s1. The summed E-state index contributed by atoms with van der Waals surface area (Å²) in [5, 5.41) is 10.9. The van der Waals surface area contributed by atoms with Crippen molar-refractivity contribution in [3.05, 3.63) is 71.1 Å². The lowest BCUT2D eigenvalue weighted by Gasteiger charge is -2.15. The van der Waals surface area contributed by atoms with E-state index in [0.29, 0.717) is 23.0 Å². The predicted octanol–water partition coefficient (Wildman–Crippen LogP) is 3.50. The minimum absolute atomic E-state index is 0.00356. The zero-order valence-corrected chi connectivity index (χ0v) is 14.9. The highest BCUT2D eigenvalue weighted by Gasteiger charge is 2.35. The third-order valence-corrected chi connectivity index (χ3v) is 4.56. The Bertz CT molecular complexity index is 972. The van der Waals surface area contributed by atoms with E-state index in [2.05, 4.69) is 15.5 Å². The molecule has 0 bridgehead atoms. The minimum atomic E-state index is -0.379. The molecule has 1 atom stereocenters. The first-order chi connectivity index (χ1) is 13.1. The number of carbonyl (C=O) groups excluding carboxylic acids is 2. The molecule has 1 aliphatic heterocycles. The molecule has 0 spiro atoms. The molecule has 7 nitrogen and oxygen atoms in total. The molecule has 2 amide bonds. The van der Waals surface area contributed by atoms with Crippen molar-refractivity contribution < 1.29 is 14.0 Å². The molecule has 1 fully saturated rings. The van der Waals surface area contributed by atoms with Crippen LogP contribution in [0.5, 0.6) is 0 Å². The van der Waals surface area contributed by atoms with Gasteiger partial charge in [-0.15, -0.1) is 5.10 Å². The average molecular weight is 383 g/mol. The number of hydrogen-bond donors (Lipinski definition) is 1. The van der Waals surface area contributed by atoms with E-state index in [4.69, 9.17) is 16.0 Å². The Morgan fingerprint density at radius 2 is 1.85 bits per heavy atom. The number of aromatic nitrogens is 2. The lowest BCUT2D eigenvalue weighted by molar-refractivity contribution is -0.117. The molecule has 2 heterocycles. The van der Waals surface area contributed by atoms with Gasteiger partial charge in [0, 0.05) is 29.2 Å². The Morgan fingerprint density at radius 1 is 1.11 bits per heavy atom. The van der Waals surface area contributed by atoms with E-state index < -0.39 is 0 Å². The molecule has 0 saturated carbocycles. The summed E-state index contributed by atoms with van der Waals surface area (Å²) in [4.78, 5) is 26.2. The number of carbonyl (C=O) groups is 2. The predicted molar refractivity (Wildman–Crippen MR) is 99.9 cm³/mol. The highest BCUT2D eigenvalue weighted by atomic mass is 35.5. The summed E-state index contributed by atoms with van der Waals surface area (Å²) >= 11 is 5.82. The van der Waals surface area contributed by atoms with E-state index in [1.54, 1.807) is 29.2 Å². The largest absolute Gasteiger partial charge is 0.407 e. The van der Waals surface area contributed by atoms with E-state index in [9.17, 15) is 9.59 Å². The quantitative estimate of drug-likeness (QED) is 0.746. The second-order valence-corrected chi connectivity index (χ2v) is 6.58. The third-order valence-electron chi connectivity index (χ3n) is 4.31. The molecule has 3 aromatic rings. The number of nitrogens with zero attached hydrogens (tertiary/aromatic N) is 3. The Kier molecular flexibility index (Phi) is 4.60. The molecule has 1 N–H and O–H groups in total. The maximum atomic E-state index is 12.3. The van der Waals surface area contributed by atoms with E-state index in [1.165, 1.54) is 0 Å². The monoisotopic (exact) mass is 382 g/mol. The first-order valence-corrected chi connectivity index (χ1v) is 8.73. The number of amides is 2. The highest BCUT2D eigenvalue weighted by molar-refractivity contribution is 6.30. The molecule has 27 heavy (non-hydrogen) atoms. The fourth-order valence-corrected chi connectivity index (χ4v) is 3.08. The molecular weight excluding hydrogens is 368 g/mol. The van der Waals surface area contributed by atoms with Crippen molar-refractivity contribution in [2.45, 2.75) is 12.3 Å². The van der Waals surface area contributed by atoms with E-state index >= 15 is 0 Å². The van der Waals surface area contributed by atoms with E-state index in [-0.39, 0.29) is 30.2 Å². The first-order valence-electron chi connectivity index (χ1n) is 8.36. The van der Waals surface area contributed by atoms with Gasteiger partial charge in [0.15, 0.2) is 0 Å². The Balaban J connectivity index is 1.44. The van der Waals surface area contributed by atoms with Crippen LogP contribution in [0.4, 0.5) is 11.7 Å². The Morgan fingerprint density at radius 3 is 2.59 bits per heavy atom. The average Bonchev–Trinajstić information content (AvgIpc) is 3.29. The van der Waals surface area contributed by atoms with Crippen LogP contribution >= 0.6 is 11.6 Å². The van der Waals surface area contributed by atoms with Crippen molar-refractivity contribution >= 4 is 35.1 Å². The van der Waals surface area contributed by atoms with Crippen molar-refractivity contribution in [2.24, 2.45) is 0 Å². The topological polar surface area (TPSA) is 88.3 Å². The van der Waals surface area contributed by atoms with Crippen LogP contribution in [0.15, 0.2) is 59.0 Å². The van der Waals surface area contributed by atoms with Crippen molar-refractivity contribution in [3.8, 4) is 0 Å². The summed E-state index contributed by atoms with van der Waals surface area (Å²) in [5.74, 6) is -0.272. The van der Waals surface area contributed by atoms with Crippen LogP contribution in [-0.2, 0) is 4.79 Å². The molecule has 0 aliphatic carbocycles. The summed E-state index contributed by atoms with van der Waals surface area (Å²) in [7, 11) is 0. The molecule has 136 valence electrons. The molecular formula is C19H15ClN4O3. The third kappa shape index (κ3) is 3.68. The normalized spacial score (nSPS) is 16.6. The summed E-state index contributed by atoms with van der Waals surface area (Å²) in [5.41, 5.74) is 1.26. The Hall–Kier alpha value is -3.19. The van der Waals surface area contributed by atoms with Crippen molar-refractivity contribution in [1.82, 2.24) is 10.2 Å². The SMILES string of the molecule is O=C(Nc1nnc([C@H]2CC(=O)N(c3ccccc3)C2)o1)c1ccc(Cl)cc1. The zero-order valence-electron chi connectivity index (χ0n) is 14.1. The molecule has 4 rings (SSSR count). The highest BCUT2D eigenvalue weighted by Crippen LogP contribution is 2.31. The number of anilines is 2. The van der Waals surface area contributed by atoms with Gasteiger partial charge in [0.1, 0.15) is 0 Å². The van der Waals surface area contributed by atoms with Gasteiger partial charge in [0.25, 0.3) is 5.91 Å². The van der Waals surface area contributed by atoms with Gasteiger partial charge in [-0.3, -0.25) is 14.9 Å². The summed E-state index contributed by atoms with van der Waals surface area (Å²) in [6.07, 6.45) is 0.279. The zero-order chi connectivity index (χ0) is 18.8. The van der Waals surface area contributed by atoms with Crippen LogP contribution in [-0.4, -0.2) is 28.6 Å². The maximum absolute atomic E-state index is 12.3. The second kappa shape index (κ2) is 7.20.